The van der Waals surface area contributed by atoms with Crippen molar-refractivity contribution in [3.05, 3.63) is 53.2 Å². The first-order valence-corrected chi connectivity index (χ1v) is 15.5. The molecule has 0 saturated carbocycles. The van der Waals surface area contributed by atoms with E-state index in [1.807, 2.05) is 25.1 Å². The summed E-state index contributed by atoms with van der Waals surface area (Å²) in [6.07, 6.45) is -1.06. The molecule has 1 aromatic carbocycles. The highest BCUT2D eigenvalue weighted by atomic mass is 19.4. The average molecular weight is 647 g/mol. The molecule has 2 aliphatic heterocycles. The molecule has 1 amide bonds. The van der Waals surface area contributed by atoms with E-state index in [4.69, 9.17) is 9.47 Å². The fourth-order valence-corrected chi connectivity index (χ4v) is 5.61. The lowest BCUT2D eigenvalue weighted by atomic mass is 10.2. The van der Waals surface area contributed by atoms with Crippen molar-refractivity contribution < 1.29 is 27.4 Å². The number of benzene rings is 1. The molecule has 0 atom stereocenters. The largest absolute Gasteiger partial charge is 0.495 e. The summed E-state index contributed by atoms with van der Waals surface area (Å²) in [5.74, 6) is 0.453. The molecule has 252 valence electrons. The van der Waals surface area contributed by atoms with E-state index in [2.05, 4.69) is 42.2 Å². The molecular weight excluding hydrogens is 601 g/mol. The van der Waals surface area contributed by atoms with Crippen molar-refractivity contribution in [3.8, 4) is 5.75 Å². The molecule has 14 heteroatoms. The molecule has 3 heterocycles. The zero-order chi connectivity index (χ0) is 33.4. The van der Waals surface area contributed by atoms with Crippen LogP contribution in [0.3, 0.4) is 0 Å². The number of piperazine rings is 2. The van der Waals surface area contributed by atoms with E-state index in [1.54, 1.807) is 31.9 Å². The molecule has 0 spiro atoms. The number of hydrogen-bond acceptors (Lipinski definition) is 10. The molecule has 2 aliphatic rings. The topological polar surface area (TPSA) is 98.3 Å². The number of nitrogens with one attached hydrogen (secondary N) is 2. The molecule has 2 N–H and O–H groups in total. The van der Waals surface area contributed by atoms with Crippen LogP contribution in [0.2, 0.25) is 0 Å². The van der Waals surface area contributed by atoms with Crippen LogP contribution in [-0.2, 0) is 15.7 Å². The Morgan fingerprint density at radius 3 is 2.26 bits per heavy atom. The predicted molar refractivity (Wildman–Crippen MR) is 173 cm³/mol. The van der Waals surface area contributed by atoms with E-state index in [0.717, 1.165) is 56.7 Å². The second kappa shape index (κ2) is 15.4. The van der Waals surface area contributed by atoms with Gasteiger partial charge in [0.1, 0.15) is 22.9 Å². The van der Waals surface area contributed by atoms with Gasteiger partial charge in [-0.05, 0) is 38.9 Å². The quantitative estimate of drug-likeness (QED) is 0.253. The number of aromatic nitrogens is 2. The van der Waals surface area contributed by atoms with Gasteiger partial charge in [0.2, 0.25) is 11.9 Å². The summed E-state index contributed by atoms with van der Waals surface area (Å²) in [6, 6.07) is 5.68. The Hall–Kier alpha value is -4.20. The number of halogens is 3. The Labute approximate surface area is 269 Å². The van der Waals surface area contributed by atoms with Gasteiger partial charge >= 0.3 is 6.18 Å². The average Bonchev–Trinajstić information content (AvgIpc) is 3.03. The minimum Gasteiger partial charge on any atom is -0.495 e. The predicted octanol–water partition coefficient (Wildman–Crippen LogP) is 5.14. The van der Waals surface area contributed by atoms with Crippen molar-refractivity contribution in [1.29, 1.82) is 0 Å². The van der Waals surface area contributed by atoms with Crippen LogP contribution in [0.4, 0.5) is 36.3 Å². The Kier molecular flexibility index (Phi) is 11.6. The number of alkyl halides is 3. The van der Waals surface area contributed by atoms with Gasteiger partial charge in [-0.15, -0.1) is 0 Å². The number of methoxy groups -OCH3 is 2. The summed E-state index contributed by atoms with van der Waals surface area (Å²) in [6.45, 7) is 14.6. The fourth-order valence-electron chi connectivity index (χ4n) is 5.61. The highest BCUT2D eigenvalue weighted by Crippen LogP contribution is 2.36. The maximum atomic E-state index is 14.0. The third kappa shape index (κ3) is 8.74. The van der Waals surface area contributed by atoms with Crippen molar-refractivity contribution in [1.82, 2.24) is 24.7 Å². The third-order valence-electron chi connectivity index (χ3n) is 8.26. The maximum Gasteiger partial charge on any atom is 0.421 e. The second-order valence-electron chi connectivity index (χ2n) is 11.4. The lowest BCUT2D eigenvalue weighted by molar-refractivity contribution is -0.137. The van der Waals surface area contributed by atoms with E-state index in [0.29, 0.717) is 49.1 Å². The Morgan fingerprint density at radius 1 is 1.00 bits per heavy atom. The fraction of sp³-hybridized carbons (Fsp3) is 0.531. The Bertz CT molecular complexity index is 1420. The SMILES string of the molecule is CCCN1CCN(c2ccc(Nc3ncc(C(F)(F)F)c(N/C(C)=C(/C=C(\C)N4CCN(C(C)=O)CC4)OC)n3)c(OC)c2)CC1. The monoisotopic (exact) mass is 646 g/mol. The van der Waals surface area contributed by atoms with Crippen molar-refractivity contribution in [3.63, 3.8) is 0 Å². The number of ether oxygens (including phenoxy) is 2. The normalized spacial score (nSPS) is 17.1. The molecule has 0 unspecified atom stereocenters. The van der Waals surface area contributed by atoms with Gasteiger partial charge in [0, 0.05) is 89.0 Å². The molecule has 4 rings (SSSR count). The number of rotatable bonds is 11. The molecule has 1 aromatic heterocycles. The molecule has 11 nitrogen and oxygen atoms in total. The summed E-state index contributed by atoms with van der Waals surface area (Å²) < 4.78 is 53.3. The molecule has 2 fully saturated rings. The molecule has 0 bridgehead atoms. The summed E-state index contributed by atoms with van der Waals surface area (Å²) >= 11 is 0. The van der Waals surface area contributed by atoms with E-state index in [9.17, 15) is 18.0 Å². The van der Waals surface area contributed by atoms with Crippen molar-refractivity contribution in [2.75, 3.05) is 88.7 Å². The minimum atomic E-state index is -4.70. The highest BCUT2D eigenvalue weighted by Gasteiger charge is 2.35. The van der Waals surface area contributed by atoms with Crippen LogP contribution in [-0.4, -0.2) is 104 Å². The highest BCUT2D eigenvalue weighted by molar-refractivity contribution is 5.73. The second-order valence-corrected chi connectivity index (χ2v) is 11.4. The van der Waals surface area contributed by atoms with Crippen LogP contribution < -0.4 is 20.3 Å². The number of allylic oxidation sites excluding steroid dienone is 3. The number of anilines is 4. The van der Waals surface area contributed by atoms with E-state index < -0.39 is 17.6 Å². The molecule has 2 saturated heterocycles. The maximum absolute atomic E-state index is 14.0. The summed E-state index contributed by atoms with van der Waals surface area (Å²) in [5.41, 5.74) is 1.71. The number of carbonyl (C=O) groups is 1. The molecule has 0 aliphatic carbocycles. The van der Waals surface area contributed by atoms with Gasteiger partial charge in [0.25, 0.3) is 0 Å². The van der Waals surface area contributed by atoms with Gasteiger partial charge in [0.15, 0.2) is 0 Å². The first-order valence-electron chi connectivity index (χ1n) is 15.5. The van der Waals surface area contributed by atoms with Crippen LogP contribution in [0, 0.1) is 0 Å². The number of amides is 1. The molecule has 46 heavy (non-hydrogen) atoms. The smallest absolute Gasteiger partial charge is 0.421 e. The van der Waals surface area contributed by atoms with Crippen LogP contribution in [0.25, 0.3) is 0 Å². The van der Waals surface area contributed by atoms with Crippen LogP contribution >= 0.6 is 0 Å². The van der Waals surface area contributed by atoms with Crippen molar-refractivity contribution in [2.24, 2.45) is 0 Å². The number of nitrogens with zero attached hydrogens (tertiary/aromatic N) is 6. The summed E-state index contributed by atoms with van der Waals surface area (Å²) in [4.78, 5) is 28.5. The zero-order valence-corrected chi connectivity index (χ0v) is 27.5. The Balaban J connectivity index is 1.54. The Morgan fingerprint density at radius 2 is 1.67 bits per heavy atom. The van der Waals surface area contributed by atoms with E-state index >= 15 is 0 Å². The van der Waals surface area contributed by atoms with E-state index in [-0.39, 0.29) is 11.9 Å². The van der Waals surface area contributed by atoms with Crippen LogP contribution in [0.1, 0.15) is 39.7 Å². The van der Waals surface area contributed by atoms with Gasteiger partial charge in [-0.25, -0.2) is 4.98 Å². The summed E-state index contributed by atoms with van der Waals surface area (Å²) in [7, 11) is 3.00. The molecule has 0 radical (unpaired) electrons. The number of carbonyl (C=O) groups excluding carboxylic acids is 1. The van der Waals surface area contributed by atoms with Gasteiger partial charge < -0.3 is 34.8 Å². The molecular formula is C32H45F3N8O3. The van der Waals surface area contributed by atoms with Crippen molar-refractivity contribution in [2.45, 2.75) is 40.3 Å². The zero-order valence-electron chi connectivity index (χ0n) is 27.5. The third-order valence-corrected chi connectivity index (χ3v) is 8.26. The molecule has 2 aromatic rings. The lowest BCUT2D eigenvalue weighted by Gasteiger charge is -2.36. The van der Waals surface area contributed by atoms with Crippen LogP contribution in [0.5, 0.6) is 5.75 Å². The van der Waals surface area contributed by atoms with Crippen molar-refractivity contribution >= 4 is 29.0 Å². The summed E-state index contributed by atoms with van der Waals surface area (Å²) in [5, 5.41) is 5.83. The van der Waals surface area contributed by atoms with Gasteiger partial charge in [0.05, 0.1) is 25.6 Å². The number of hydrogen-bond donors (Lipinski definition) is 2. The van der Waals surface area contributed by atoms with Gasteiger partial charge in [-0.1, -0.05) is 6.92 Å². The van der Waals surface area contributed by atoms with Gasteiger partial charge in [-0.3, -0.25) is 9.69 Å². The van der Waals surface area contributed by atoms with E-state index in [1.165, 1.54) is 7.11 Å². The van der Waals surface area contributed by atoms with Gasteiger partial charge in [-0.2, -0.15) is 18.2 Å². The lowest BCUT2D eigenvalue weighted by Crippen LogP contribution is -2.47. The standard InChI is InChI=1S/C32H45F3N8O3/c1-7-10-40-11-13-43(14-12-40)25-8-9-27(29(20-25)46-6)38-31-36-21-26(32(33,34)35)30(39-31)37-23(3)28(45-5)19-22(2)41-15-17-42(18-16-41)24(4)44/h8-9,19-21H,7,10-18H2,1-6H3,(H2,36,37,38,39)/b22-19+,28-23-. The first kappa shape index (κ1) is 34.7. The minimum absolute atomic E-state index is 0.0310. The van der Waals surface area contributed by atoms with Crippen LogP contribution in [0.15, 0.2) is 47.6 Å². The first-order chi connectivity index (χ1) is 21.9.